The van der Waals surface area contributed by atoms with Crippen LogP contribution in [0.3, 0.4) is 0 Å². The normalized spacial score (nSPS) is 9.93. The minimum atomic E-state index is 0.666. The molecule has 15 heavy (non-hydrogen) atoms. The summed E-state index contributed by atoms with van der Waals surface area (Å²) >= 11 is 3.66. The largest absolute Gasteiger partial charge is 0.385 e. The Hall–Kier alpha value is -1.00. The molecule has 1 aromatic rings. The van der Waals surface area contributed by atoms with Gasteiger partial charge in [0.25, 0.3) is 0 Å². The zero-order valence-corrected chi connectivity index (χ0v) is 9.37. The van der Waals surface area contributed by atoms with E-state index in [1.807, 2.05) is 18.2 Å². The molecule has 0 saturated heterocycles. The van der Waals surface area contributed by atoms with Gasteiger partial charge in [0.05, 0.1) is 6.61 Å². The van der Waals surface area contributed by atoms with E-state index >= 15 is 0 Å². The molecule has 1 N–H and O–H groups in total. The molecule has 0 heterocycles. The molecular weight excluding hydrogens is 210 g/mol. The molecule has 3 nitrogen and oxygen atoms in total. The SMILES string of the molecule is O=Cc1cccc(NCCCCOS)c1. The van der Waals surface area contributed by atoms with Gasteiger partial charge in [-0.3, -0.25) is 4.79 Å². The topological polar surface area (TPSA) is 38.3 Å². The maximum atomic E-state index is 10.5. The van der Waals surface area contributed by atoms with Gasteiger partial charge in [0.15, 0.2) is 0 Å². The number of anilines is 1. The second-order valence-electron chi connectivity index (χ2n) is 3.21. The van der Waals surface area contributed by atoms with Crippen molar-refractivity contribution in [2.75, 3.05) is 18.5 Å². The Labute approximate surface area is 95.4 Å². The van der Waals surface area contributed by atoms with Gasteiger partial charge in [-0.05, 0) is 37.9 Å². The summed E-state index contributed by atoms with van der Waals surface area (Å²) in [7, 11) is 0. The second-order valence-corrected chi connectivity index (χ2v) is 3.47. The summed E-state index contributed by atoms with van der Waals surface area (Å²) in [4.78, 5) is 10.5. The fraction of sp³-hybridized carbons (Fsp3) is 0.364. The summed E-state index contributed by atoms with van der Waals surface area (Å²) in [6.07, 6.45) is 2.84. The zero-order valence-electron chi connectivity index (χ0n) is 8.48. The van der Waals surface area contributed by atoms with Gasteiger partial charge in [-0.25, -0.2) is 0 Å². The predicted octanol–water partition coefficient (Wildman–Crippen LogP) is 2.55. The first-order chi connectivity index (χ1) is 7.36. The average Bonchev–Trinajstić information content (AvgIpc) is 2.29. The number of unbranched alkanes of at least 4 members (excludes halogenated alkanes) is 1. The predicted molar refractivity (Wildman–Crippen MR) is 64.5 cm³/mol. The average molecular weight is 225 g/mol. The first-order valence-corrected chi connectivity index (χ1v) is 5.29. The van der Waals surface area contributed by atoms with Crippen LogP contribution in [0.15, 0.2) is 24.3 Å². The minimum absolute atomic E-state index is 0.666. The van der Waals surface area contributed by atoms with E-state index in [0.29, 0.717) is 12.2 Å². The van der Waals surface area contributed by atoms with E-state index in [-0.39, 0.29) is 0 Å². The number of thiol groups is 1. The van der Waals surface area contributed by atoms with Gasteiger partial charge < -0.3 is 9.50 Å². The van der Waals surface area contributed by atoms with Crippen molar-refractivity contribution < 1.29 is 8.98 Å². The van der Waals surface area contributed by atoms with Crippen LogP contribution >= 0.6 is 12.9 Å². The van der Waals surface area contributed by atoms with E-state index < -0.39 is 0 Å². The molecule has 0 spiro atoms. The number of hydrogen-bond donors (Lipinski definition) is 2. The summed E-state index contributed by atoms with van der Waals surface area (Å²) in [6.45, 7) is 1.54. The molecule has 0 unspecified atom stereocenters. The minimum Gasteiger partial charge on any atom is -0.385 e. The molecule has 0 saturated carbocycles. The number of nitrogens with one attached hydrogen (secondary N) is 1. The van der Waals surface area contributed by atoms with Crippen LogP contribution in [-0.4, -0.2) is 19.4 Å². The van der Waals surface area contributed by atoms with Crippen molar-refractivity contribution >= 4 is 24.9 Å². The summed E-state index contributed by atoms with van der Waals surface area (Å²) < 4.78 is 4.65. The number of carbonyl (C=O) groups excluding carboxylic acids is 1. The highest BCUT2D eigenvalue weighted by Gasteiger charge is 1.94. The van der Waals surface area contributed by atoms with Gasteiger partial charge in [0.2, 0.25) is 0 Å². The van der Waals surface area contributed by atoms with Crippen molar-refractivity contribution in [2.24, 2.45) is 0 Å². The van der Waals surface area contributed by atoms with E-state index in [9.17, 15) is 4.79 Å². The second kappa shape index (κ2) is 7.31. The number of carbonyl (C=O) groups is 1. The van der Waals surface area contributed by atoms with Gasteiger partial charge in [-0.1, -0.05) is 12.1 Å². The zero-order chi connectivity index (χ0) is 10.9. The first-order valence-electron chi connectivity index (χ1n) is 4.92. The van der Waals surface area contributed by atoms with E-state index in [1.54, 1.807) is 6.07 Å². The maximum Gasteiger partial charge on any atom is 0.150 e. The molecule has 0 atom stereocenters. The number of aldehydes is 1. The molecule has 0 bridgehead atoms. The molecule has 1 rings (SSSR count). The Morgan fingerprint density at radius 2 is 2.27 bits per heavy atom. The quantitative estimate of drug-likeness (QED) is 0.324. The molecule has 1 aromatic carbocycles. The summed E-state index contributed by atoms with van der Waals surface area (Å²) in [5.74, 6) is 0. The lowest BCUT2D eigenvalue weighted by Crippen LogP contribution is -2.02. The Morgan fingerprint density at radius 1 is 1.40 bits per heavy atom. The van der Waals surface area contributed by atoms with E-state index in [0.717, 1.165) is 31.4 Å². The third-order valence-corrected chi connectivity index (χ3v) is 2.20. The summed E-state index contributed by atoms with van der Waals surface area (Å²) in [6, 6.07) is 7.43. The standard InChI is InChI=1S/C11H15NO2S/c13-9-10-4-3-5-11(8-10)12-6-1-2-7-14-15/h3-5,8-9,12,15H,1-2,6-7H2. The van der Waals surface area contributed by atoms with Gasteiger partial charge in [-0.2, -0.15) is 0 Å². The van der Waals surface area contributed by atoms with Gasteiger partial charge >= 0.3 is 0 Å². The molecule has 82 valence electrons. The van der Waals surface area contributed by atoms with Crippen LogP contribution in [0.1, 0.15) is 23.2 Å². The van der Waals surface area contributed by atoms with Crippen molar-refractivity contribution in [3.8, 4) is 0 Å². The monoisotopic (exact) mass is 225 g/mol. The Kier molecular flexibility index (Phi) is 5.88. The van der Waals surface area contributed by atoms with Gasteiger partial charge in [-0.15, -0.1) is 0 Å². The third-order valence-electron chi connectivity index (χ3n) is 2.01. The van der Waals surface area contributed by atoms with Crippen molar-refractivity contribution in [3.63, 3.8) is 0 Å². The Morgan fingerprint density at radius 3 is 3.00 bits per heavy atom. The molecule has 0 aliphatic rings. The molecule has 0 radical (unpaired) electrons. The first kappa shape index (κ1) is 12.1. The summed E-state index contributed by atoms with van der Waals surface area (Å²) in [5, 5.41) is 3.24. The smallest absolute Gasteiger partial charge is 0.150 e. The van der Waals surface area contributed by atoms with Crippen molar-refractivity contribution in [3.05, 3.63) is 29.8 Å². The highest BCUT2D eigenvalue weighted by molar-refractivity contribution is 7.75. The Balaban J connectivity index is 2.27. The molecule has 0 aliphatic heterocycles. The number of rotatable bonds is 7. The van der Waals surface area contributed by atoms with Crippen LogP contribution in [0.2, 0.25) is 0 Å². The lowest BCUT2D eigenvalue weighted by Gasteiger charge is -2.05. The fourth-order valence-electron chi connectivity index (χ4n) is 1.25. The third kappa shape index (κ3) is 4.85. The molecule has 0 fully saturated rings. The lowest BCUT2D eigenvalue weighted by atomic mass is 10.2. The molecule has 0 aliphatic carbocycles. The summed E-state index contributed by atoms with van der Waals surface area (Å²) in [5.41, 5.74) is 1.67. The lowest BCUT2D eigenvalue weighted by molar-refractivity contribution is 0.112. The maximum absolute atomic E-state index is 10.5. The Bertz CT molecular complexity index is 304. The van der Waals surface area contributed by atoms with E-state index in [1.165, 1.54) is 0 Å². The van der Waals surface area contributed by atoms with Crippen LogP contribution < -0.4 is 5.32 Å². The number of benzene rings is 1. The highest BCUT2D eigenvalue weighted by atomic mass is 32.1. The van der Waals surface area contributed by atoms with Crippen LogP contribution in [0.5, 0.6) is 0 Å². The van der Waals surface area contributed by atoms with Gasteiger partial charge in [0.1, 0.15) is 6.29 Å². The molecule has 0 amide bonds. The van der Waals surface area contributed by atoms with Crippen molar-refractivity contribution in [2.45, 2.75) is 12.8 Å². The molecule has 4 heteroatoms. The number of hydrogen-bond acceptors (Lipinski definition) is 4. The molecule has 0 aromatic heterocycles. The highest BCUT2D eigenvalue weighted by Crippen LogP contribution is 2.09. The van der Waals surface area contributed by atoms with Crippen molar-refractivity contribution in [1.29, 1.82) is 0 Å². The van der Waals surface area contributed by atoms with Crippen LogP contribution in [0.25, 0.3) is 0 Å². The van der Waals surface area contributed by atoms with Crippen LogP contribution in [0, 0.1) is 0 Å². The van der Waals surface area contributed by atoms with E-state index in [2.05, 4.69) is 22.4 Å². The van der Waals surface area contributed by atoms with Crippen LogP contribution in [0.4, 0.5) is 5.69 Å². The molecular formula is C11H15NO2S. The fourth-order valence-corrected chi connectivity index (χ4v) is 1.38. The van der Waals surface area contributed by atoms with Crippen molar-refractivity contribution in [1.82, 2.24) is 0 Å². The van der Waals surface area contributed by atoms with Crippen LogP contribution in [-0.2, 0) is 4.18 Å². The van der Waals surface area contributed by atoms with E-state index in [4.69, 9.17) is 0 Å². The van der Waals surface area contributed by atoms with Gasteiger partial charge in [0, 0.05) is 17.8 Å².